The molecule has 1 aliphatic rings. The van der Waals surface area contributed by atoms with E-state index < -0.39 is 0 Å². The minimum absolute atomic E-state index is 0.279. The molecule has 0 aliphatic heterocycles. The van der Waals surface area contributed by atoms with Crippen LogP contribution < -0.4 is 0 Å². The predicted molar refractivity (Wildman–Crippen MR) is 92.8 cm³/mol. The first-order chi connectivity index (χ1) is 10.1. The van der Waals surface area contributed by atoms with E-state index in [1.54, 1.807) is 0 Å². The minimum atomic E-state index is 0.279. The molecule has 0 aromatic heterocycles. The van der Waals surface area contributed by atoms with Gasteiger partial charge in [-0.15, -0.1) is 0 Å². The lowest BCUT2D eigenvalue weighted by molar-refractivity contribution is 0.0727. The van der Waals surface area contributed by atoms with E-state index in [0.717, 1.165) is 13.0 Å². The Morgan fingerprint density at radius 1 is 1.24 bits per heavy atom. The van der Waals surface area contributed by atoms with Crippen molar-refractivity contribution in [2.45, 2.75) is 60.0 Å². The van der Waals surface area contributed by atoms with E-state index in [4.69, 9.17) is 4.74 Å². The van der Waals surface area contributed by atoms with E-state index in [2.05, 4.69) is 64.1 Å². The number of hydrogen-bond donors (Lipinski definition) is 0. The Morgan fingerprint density at radius 3 is 2.52 bits per heavy atom. The average Bonchev–Trinajstić information content (AvgIpc) is 2.49. The third-order valence-corrected chi connectivity index (χ3v) is 3.70. The molecule has 1 nitrogen and oxygen atoms in total. The molecule has 0 spiro atoms. The second kappa shape index (κ2) is 8.84. The highest BCUT2D eigenvalue weighted by Crippen LogP contribution is 2.37. The predicted octanol–water partition coefficient (Wildman–Crippen LogP) is 5.67. The van der Waals surface area contributed by atoms with Crippen molar-refractivity contribution in [1.82, 2.24) is 0 Å². The fourth-order valence-electron chi connectivity index (χ4n) is 2.79. The van der Waals surface area contributed by atoms with Gasteiger partial charge in [0, 0.05) is 5.92 Å². The van der Waals surface area contributed by atoms with Gasteiger partial charge in [-0.1, -0.05) is 55.8 Å². The third-order valence-electron chi connectivity index (χ3n) is 3.70. The molecular weight excluding hydrogens is 256 g/mol. The van der Waals surface area contributed by atoms with Gasteiger partial charge in [0.1, 0.15) is 0 Å². The Labute approximate surface area is 130 Å². The summed E-state index contributed by atoms with van der Waals surface area (Å²) in [6.45, 7) is 13.3. The van der Waals surface area contributed by atoms with Crippen LogP contribution in [0.2, 0.25) is 0 Å². The molecule has 0 amide bonds. The van der Waals surface area contributed by atoms with E-state index in [0.29, 0.717) is 5.92 Å². The molecule has 1 aromatic rings. The van der Waals surface area contributed by atoms with Gasteiger partial charge in [-0.2, -0.15) is 0 Å². The standard InChI is InChI=1S/C18H24O.C2H6/c1-5-8-16-14(4)11-15-9-6-7-10-17(15)18(16)12-19-13(2)3;1-2/h5-10,13,18H,11-12H2,1-4H3;1-2H3/b8-5-;. The van der Waals surface area contributed by atoms with Crippen LogP contribution in [-0.4, -0.2) is 12.7 Å². The summed E-state index contributed by atoms with van der Waals surface area (Å²) in [7, 11) is 0. The number of hydrogen-bond acceptors (Lipinski definition) is 1. The summed E-state index contributed by atoms with van der Waals surface area (Å²) < 4.78 is 5.90. The van der Waals surface area contributed by atoms with Gasteiger partial charge in [-0.25, -0.2) is 0 Å². The van der Waals surface area contributed by atoms with Gasteiger partial charge in [0.25, 0.3) is 0 Å². The second-order valence-corrected chi connectivity index (χ2v) is 5.55. The van der Waals surface area contributed by atoms with Crippen LogP contribution in [0.5, 0.6) is 0 Å². The first-order valence-electron chi connectivity index (χ1n) is 8.15. The molecule has 0 radical (unpaired) electrons. The lowest BCUT2D eigenvalue weighted by Crippen LogP contribution is -2.19. The van der Waals surface area contributed by atoms with Crippen LogP contribution in [0.15, 0.2) is 47.6 Å². The van der Waals surface area contributed by atoms with Crippen LogP contribution in [0.4, 0.5) is 0 Å². The normalized spacial score (nSPS) is 17.8. The zero-order valence-corrected chi connectivity index (χ0v) is 14.4. The number of fused-ring (bicyclic) bond motifs is 1. The van der Waals surface area contributed by atoms with Crippen molar-refractivity contribution in [3.05, 3.63) is 58.7 Å². The molecule has 1 atom stereocenters. The summed E-state index contributed by atoms with van der Waals surface area (Å²) in [6.07, 6.45) is 5.73. The molecule has 1 unspecified atom stereocenters. The largest absolute Gasteiger partial charge is 0.378 e. The Morgan fingerprint density at radius 2 is 1.90 bits per heavy atom. The van der Waals surface area contributed by atoms with Crippen LogP contribution in [0.1, 0.15) is 58.6 Å². The first kappa shape index (κ1) is 17.7. The van der Waals surface area contributed by atoms with Gasteiger partial charge in [-0.3, -0.25) is 0 Å². The lowest BCUT2D eigenvalue weighted by atomic mass is 9.78. The van der Waals surface area contributed by atoms with Gasteiger partial charge in [0.05, 0.1) is 12.7 Å². The van der Waals surface area contributed by atoms with Gasteiger partial charge in [0.15, 0.2) is 0 Å². The molecule has 0 fully saturated rings. The number of ether oxygens (including phenoxy) is 1. The topological polar surface area (TPSA) is 9.23 Å². The van der Waals surface area contributed by atoms with Crippen LogP contribution in [-0.2, 0) is 11.2 Å². The minimum Gasteiger partial charge on any atom is -0.378 e. The highest BCUT2D eigenvalue weighted by Gasteiger charge is 2.24. The molecule has 0 N–H and O–H groups in total. The average molecular weight is 286 g/mol. The highest BCUT2D eigenvalue weighted by molar-refractivity contribution is 5.48. The van der Waals surface area contributed by atoms with E-state index >= 15 is 0 Å². The summed E-state index contributed by atoms with van der Waals surface area (Å²) in [5.74, 6) is 0.378. The van der Waals surface area contributed by atoms with Crippen LogP contribution in [0, 0.1) is 0 Å². The third kappa shape index (κ3) is 4.57. The van der Waals surface area contributed by atoms with Gasteiger partial charge < -0.3 is 4.74 Å². The highest BCUT2D eigenvalue weighted by atomic mass is 16.5. The molecule has 0 saturated heterocycles. The van der Waals surface area contributed by atoms with Crippen molar-refractivity contribution in [3.63, 3.8) is 0 Å². The zero-order valence-electron chi connectivity index (χ0n) is 14.4. The maximum absolute atomic E-state index is 5.90. The van der Waals surface area contributed by atoms with Crippen LogP contribution >= 0.6 is 0 Å². The van der Waals surface area contributed by atoms with E-state index in [1.165, 1.54) is 22.3 Å². The monoisotopic (exact) mass is 286 g/mol. The Kier molecular flexibility index (Phi) is 7.45. The zero-order chi connectivity index (χ0) is 15.8. The maximum atomic E-state index is 5.90. The SMILES string of the molecule is C/C=C\C1=C(C)Cc2ccccc2C1COC(C)C.CC. The molecule has 0 heterocycles. The molecule has 21 heavy (non-hydrogen) atoms. The second-order valence-electron chi connectivity index (χ2n) is 5.55. The van der Waals surface area contributed by atoms with Gasteiger partial charge in [0.2, 0.25) is 0 Å². The van der Waals surface area contributed by atoms with E-state index in [-0.39, 0.29) is 6.10 Å². The first-order valence-corrected chi connectivity index (χ1v) is 8.15. The van der Waals surface area contributed by atoms with Gasteiger partial charge >= 0.3 is 0 Å². The quantitative estimate of drug-likeness (QED) is 0.693. The maximum Gasteiger partial charge on any atom is 0.0579 e. The smallest absolute Gasteiger partial charge is 0.0579 e. The Balaban J connectivity index is 0.00000106. The van der Waals surface area contributed by atoms with Crippen molar-refractivity contribution in [1.29, 1.82) is 0 Å². The molecule has 2 rings (SSSR count). The summed E-state index contributed by atoms with van der Waals surface area (Å²) in [4.78, 5) is 0. The number of rotatable bonds is 4. The van der Waals surface area contributed by atoms with E-state index in [1.807, 2.05) is 13.8 Å². The van der Waals surface area contributed by atoms with Gasteiger partial charge in [-0.05, 0) is 50.8 Å². The molecular formula is C20H30O. The molecule has 1 aromatic carbocycles. The summed E-state index contributed by atoms with van der Waals surface area (Å²) in [5, 5.41) is 0. The van der Waals surface area contributed by atoms with Crippen LogP contribution in [0.3, 0.4) is 0 Å². The Hall–Kier alpha value is -1.34. The molecule has 1 heteroatoms. The summed E-state index contributed by atoms with van der Waals surface area (Å²) >= 11 is 0. The summed E-state index contributed by atoms with van der Waals surface area (Å²) in [6, 6.07) is 8.76. The lowest BCUT2D eigenvalue weighted by Gasteiger charge is -2.29. The fraction of sp³-hybridized carbons (Fsp3) is 0.500. The molecule has 1 aliphatic carbocycles. The fourth-order valence-corrected chi connectivity index (χ4v) is 2.79. The Bertz CT molecular complexity index is 494. The molecule has 0 saturated carbocycles. The van der Waals surface area contributed by atoms with Crippen molar-refractivity contribution in [2.75, 3.05) is 6.61 Å². The summed E-state index contributed by atoms with van der Waals surface area (Å²) in [5.41, 5.74) is 5.78. The van der Waals surface area contributed by atoms with Crippen molar-refractivity contribution >= 4 is 0 Å². The molecule has 116 valence electrons. The number of allylic oxidation sites excluding steroid dienone is 3. The van der Waals surface area contributed by atoms with Crippen molar-refractivity contribution in [2.24, 2.45) is 0 Å². The van der Waals surface area contributed by atoms with Crippen molar-refractivity contribution in [3.8, 4) is 0 Å². The molecule has 0 bridgehead atoms. The van der Waals surface area contributed by atoms with E-state index in [9.17, 15) is 0 Å². The van der Waals surface area contributed by atoms with Crippen molar-refractivity contribution < 1.29 is 4.74 Å². The number of benzene rings is 1. The van der Waals surface area contributed by atoms with Crippen LogP contribution in [0.25, 0.3) is 0 Å².